The lowest BCUT2D eigenvalue weighted by molar-refractivity contribution is -0.141. The average molecular weight is 338 g/mol. The molecule has 0 saturated heterocycles. The van der Waals surface area contributed by atoms with Crippen LogP contribution in [0.3, 0.4) is 0 Å². The molecule has 0 aromatic carbocycles. The van der Waals surface area contributed by atoms with Crippen molar-refractivity contribution in [1.29, 1.82) is 0 Å². The monoisotopic (exact) mass is 338 g/mol. The number of thiophene rings is 1. The van der Waals surface area contributed by atoms with Crippen LogP contribution in [0.1, 0.15) is 29.1 Å². The standard InChI is InChI=1S/C15H18N2O5S/c1-8(2)6-22-15(20)12-9(3)11-13(23-12)16-7-17(14(11)19)5-10(18)21-4/h7-8H,5-6H2,1-4H3. The van der Waals surface area contributed by atoms with E-state index in [1.807, 2.05) is 13.8 Å². The number of nitrogens with zero attached hydrogens (tertiary/aromatic N) is 2. The summed E-state index contributed by atoms with van der Waals surface area (Å²) in [6.45, 7) is 5.65. The maximum Gasteiger partial charge on any atom is 0.348 e. The minimum Gasteiger partial charge on any atom is -0.468 e. The van der Waals surface area contributed by atoms with Gasteiger partial charge < -0.3 is 9.47 Å². The van der Waals surface area contributed by atoms with Gasteiger partial charge >= 0.3 is 11.9 Å². The maximum atomic E-state index is 12.5. The lowest BCUT2D eigenvalue weighted by Crippen LogP contribution is -2.25. The van der Waals surface area contributed by atoms with Crippen molar-refractivity contribution in [2.24, 2.45) is 5.92 Å². The van der Waals surface area contributed by atoms with Gasteiger partial charge in [-0.2, -0.15) is 0 Å². The van der Waals surface area contributed by atoms with Crippen LogP contribution in [0, 0.1) is 12.8 Å². The Morgan fingerprint density at radius 3 is 2.70 bits per heavy atom. The Balaban J connectivity index is 2.42. The Bertz CT molecular complexity index is 806. The van der Waals surface area contributed by atoms with E-state index in [1.54, 1.807) is 6.92 Å². The largest absolute Gasteiger partial charge is 0.468 e. The molecule has 2 rings (SSSR count). The van der Waals surface area contributed by atoms with Gasteiger partial charge in [0.25, 0.3) is 5.56 Å². The van der Waals surface area contributed by atoms with Crippen LogP contribution < -0.4 is 5.56 Å². The lowest BCUT2D eigenvalue weighted by atomic mass is 10.2. The number of aryl methyl sites for hydroxylation is 1. The average Bonchev–Trinajstić information content (AvgIpc) is 2.85. The Kier molecular flexibility index (Phi) is 5.15. The Labute approximate surface area is 136 Å². The highest BCUT2D eigenvalue weighted by atomic mass is 32.1. The smallest absolute Gasteiger partial charge is 0.348 e. The lowest BCUT2D eigenvalue weighted by Gasteiger charge is -2.06. The quantitative estimate of drug-likeness (QED) is 0.772. The third-order valence-corrected chi connectivity index (χ3v) is 4.36. The van der Waals surface area contributed by atoms with E-state index in [0.717, 1.165) is 15.9 Å². The molecule has 0 radical (unpaired) electrons. The summed E-state index contributed by atoms with van der Waals surface area (Å²) in [7, 11) is 1.25. The summed E-state index contributed by atoms with van der Waals surface area (Å²) in [4.78, 5) is 40.9. The highest BCUT2D eigenvalue weighted by Crippen LogP contribution is 2.27. The number of hydrogen-bond donors (Lipinski definition) is 0. The number of fused-ring (bicyclic) bond motifs is 1. The first-order chi connectivity index (χ1) is 10.8. The molecular weight excluding hydrogens is 320 g/mol. The number of hydrogen-bond acceptors (Lipinski definition) is 7. The first-order valence-corrected chi connectivity index (χ1v) is 7.89. The van der Waals surface area contributed by atoms with E-state index >= 15 is 0 Å². The van der Waals surface area contributed by atoms with Crippen LogP contribution in [0.2, 0.25) is 0 Å². The van der Waals surface area contributed by atoms with Gasteiger partial charge in [0, 0.05) is 0 Å². The molecule has 0 atom stereocenters. The van der Waals surface area contributed by atoms with E-state index < -0.39 is 11.9 Å². The molecule has 7 nitrogen and oxygen atoms in total. The van der Waals surface area contributed by atoms with E-state index in [9.17, 15) is 14.4 Å². The second-order valence-electron chi connectivity index (χ2n) is 5.48. The highest BCUT2D eigenvalue weighted by Gasteiger charge is 2.21. The second-order valence-corrected chi connectivity index (χ2v) is 6.48. The summed E-state index contributed by atoms with van der Waals surface area (Å²) >= 11 is 1.12. The van der Waals surface area contributed by atoms with Crippen LogP contribution in [0.25, 0.3) is 10.2 Å². The zero-order chi connectivity index (χ0) is 17.1. The molecule has 0 aliphatic rings. The van der Waals surface area contributed by atoms with E-state index in [-0.39, 0.29) is 18.0 Å². The van der Waals surface area contributed by atoms with Crippen molar-refractivity contribution in [2.75, 3.05) is 13.7 Å². The molecule has 2 heterocycles. The molecule has 0 spiro atoms. The molecule has 0 aliphatic heterocycles. The summed E-state index contributed by atoms with van der Waals surface area (Å²) in [5, 5.41) is 0.331. The minimum atomic E-state index is -0.544. The van der Waals surface area contributed by atoms with Crippen molar-refractivity contribution in [3.05, 3.63) is 27.1 Å². The van der Waals surface area contributed by atoms with Gasteiger partial charge in [-0.1, -0.05) is 13.8 Å². The zero-order valence-corrected chi connectivity index (χ0v) is 14.2. The van der Waals surface area contributed by atoms with Gasteiger partial charge in [-0.15, -0.1) is 11.3 Å². The normalized spacial score (nSPS) is 11.0. The van der Waals surface area contributed by atoms with Crippen LogP contribution in [0.4, 0.5) is 0 Å². The predicted molar refractivity (Wildman–Crippen MR) is 85.8 cm³/mol. The molecule has 0 bridgehead atoms. The fourth-order valence-electron chi connectivity index (χ4n) is 1.98. The number of esters is 2. The van der Waals surface area contributed by atoms with Crippen molar-refractivity contribution in [2.45, 2.75) is 27.3 Å². The number of rotatable bonds is 5. The minimum absolute atomic E-state index is 0.222. The van der Waals surface area contributed by atoms with E-state index in [0.29, 0.717) is 27.3 Å². The second kappa shape index (κ2) is 6.91. The molecule has 2 aromatic rings. The van der Waals surface area contributed by atoms with E-state index in [4.69, 9.17) is 4.74 Å². The van der Waals surface area contributed by atoms with Gasteiger partial charge in [0.15, 0.2) is 0 Å². The Morgan fingerprint density at radius 1 is 1.39 bits per heavy atom. The van der Waals surface area contributed by atoms with Crippen LogP contribution in [0.5, 0.6) is 0 Å². The van der Waals surface area contributed by atoms with Crippen molar-refractivity contribution in [3.8, 4) is 0 Å². The van der Waals surface area contributed by atoms with Crippen LogP contribution >= 0.6 is 11.3 Å². The predicted octanol–water partition coefficient (Wildman–Crippen LogP) is 1.75. The van der Waals surface area contributed by atoms with Crippen molar-refractivity contribution >= 4 is 33.5 Å². The summed E-state index contributed by atoms with van der Waals surface area (Å²) < 4.78 is 10.9. The molecule has 0 unspecified atom stereocenters. The molecule has 0 fully saturated rings. The third-order valence-electron chi connectivity index (χ3n) is 3.18. The Hall–Kier alpha value is -2.22. The topological polar surface area (TPSA) is 87.5 Å². The molecule has 0 aliphatic carbocycles. The fraction of sp³-hybridized carbons (Fsp3) is 0.467. The Morgan fingerprint density at radius 2 is 2.09 bits per heavy atom. The summed E-state index contributed by atoms with van der Waals surface area (Å²) in [6, 6.07) is 0. The first kappa shape index (κ1) is 17.1. The number of aromatic nitrogens is 2. The van der Waals surface area contributed by atoms with E-state index in [2.05, 4.69) is 9.72 Å². The molecule has 0 saturated carbocycles. The summed E-state index contributed by atoms with van der Waals surface area (Å²) in [6.07, 6.45) is 1.28. The first-order valence-electron chi connectivity index (χ1n) is 7.07. The van der Waals surface area contributed by atoms with Gasteiger partial charge in [0.2, 0.25) is 0 Å². The molecule has 124 valence electrons. The summed E-state index contributed by atoms with van der Waals surface area (Å²) in [5.74, 6) is -0.778. The number of methoxy groups -OCH3 is 1. The van der Waals surface area contributed by atoms with Gasteiger partial charge in [0.05, 0.1) is 25.4 Å². The highest BCUT2D eigenvalue weighted by molar-refractivity contribution is 7.20. The number of carbonyl (C=O) groups is 2. The van der Waals surface area contributed by atoms with Gasteiger partial charge in [0.1, 0.15) is 16.3 Å². The maximum absolute atomic E-state index is 12.5. The van der Waals surface area contributed by atoms with Gasteiger partial charge in [-0.3, -0.25) is 14.2 Å². The van der Waals surface area contributed by atoms with Crippen molar-refractivity contribution in [1.82, 2.24) is 9.55 Å². The van der Waals surface area contributed by atoms with Crippen LogP contribution in [-0.4, -0.2) is 35.2 Å². The van der Waals surface area contributed by atoms with Crippen molar-refractivity contribution in [3.63, 3.8) is 0 Å². The number of carbonyl (C=O) groups excluding carboxylic acids is 2. The summed E-state index contributed by atoms with van der Waals surface area (Å²) in [5.41, 5.74) is 0.146. The zero-order valence-electron chi connectivity index (χ0n) is 13.4. The van der Waals surface area contributed by atoms with Crippen molar-refractivity contribution < 1.29 is 19.1 Å². The molecule has 0 N–H and O–H groups in total. The van der Waals surface area contributed by atoms with E-state index in [1.165, 1.54) is 13.4 Å². The molecule has 8 heteroatoms. The fourth-order valence-corrected chi connectivity index (χ4v) is 3.01. The van der Waals surface area contributed by atoms with Gasteiger partial charge in [-0.05, 0) is 18.4 Å². The van der Waals surface area contributed by atoms with Crippen LogP contribution in [-0.2, 0) is 20.8 Å². The molecule has 0 amide bonds. The molecule has 23 heavy (non-hydrogen) atoms. The van der Waals surface area contributed by atoms with Gasteiger partial charge in [-0.25, -0.2) is 9.78 Å². The van der Waals surface area contributed by atoms with Crippen LogP contribution in [0.15, 0.2) is 11.1 Å². The number of ether oxygens (including phenoxy) is 2. The molecule has 2 aromatic heterocycles. The molecular formula is C15H18N2O5S. The SMILES string of the molecule is COC(=O)Cn1cnc2sc(C(=O)OCC(C)C)c(C)c2c1=O. The third kappa shape index (κ3) is 3.58.